The molecule has 148 valence electrons. The first kappa shape index (κ1) is 19.4. The number of nitrogens with zero attached hydrogens (tertiary/aromatic N) is 2. The fourth-order valence-corrected chi connectivity index (χ4v) is 4.52. The third-order valence-corrected chi connectivity index (χ3v) is 6.06. The van der Waals surface area contributed by atoms with E-state index >= 15 is 0 Å². The molecule has 1 aliphatic rings. The van der Waals surface area contributed by atoms with Crippen LogP contribution >= 0.6 is 11.8 Å². The summed E-state index contributed by atoms with van der Waals surface area (Å²) in [5, 5.41) is 5.19. The number of pyridine rings is 1. The van der Waals surface area contributed by atoms with E-state index in [0.717, 1.165) is 16.5 Å². The summed E-state index contributed by atoms with van der Waals surface area (Å²) in [4.78, 5) is 21.5. The molecule has 1 aromatic heterocycles. The predicted molar refractivity (Wildman–Crippen MR) is 117 cm³/mol. The quantitative estimate of drug-likeness (QED) is 0.657. The van der Waals surface area contributed by atoms with E-state index in [-0.39, 0.29) is 11.7 Å². The number of benzene rings is 2. The van der Waals surface area contributed by atoms with Gasteiger partial charge in [0.15, 0.2) is 5.17 Å². The summed E-state index contributed by atoms with van der Waals surface area (Å²) in [6.45, 7) is 1.97. The van der Waals surface area contributed by atoms with Crippen LogP contribution in [-0.4, -0.2) is 21.8 Å². The second-order valence-electron chi connectivity index (χ2n) is 7.00. The number of carbonyl (C=O) groups excluding carboxylic acids is 1. The van der Waals surface area contributed by atoms with Crippen LogP contribution in [0.5, 0.6) is 0 Å². The zero-order valence-corrected chi connectivity index (χ0v) is 16.8. The molecule has 0 radical (unpaired) electrons. The third-order valence-electron chi connectivity index (χ3n) is 5.26. The van der Waals surface area contributed by atoms with Crippen molar-refractivity contribution in [1.82, 2.24) is 4.98 Å². The molecule has 2 aromatic carbocycles. The topological polar surface area (TPSA) is 80.4 Å². The Hall–Kier alpha value is -2.93. The number of nitrogens with two attached hydrogens (primary N) is 1. The lowest BCUT2D eigenvalue weighted by Gasteiger charge is -2.33. The number of thioether (sulfide) groups is 1. The molecule has 7 heteroatoms. The number of anilines is 1. The first-order valence-electron chi connectivity index (χ1n) is 9.45. The average molecular weight is 409 g/mol. The summed E-state index contributed by atoms with van der Waals surface area (Å²) >= 11 is 1.48. The predicted octanol–water partition coefficient (Wildman–Crippen LogP) is 4.68. The molecule has 0 saturated carbocycles. The normalized spacial score (nSPS) is 19.0. The fraction of sp³-hybridized carbons (Fsp3) is 0.227. The number of hydrogen-bond donors (Lipinski definition) is 2. The Bertz CT molecular complexity index is 1120. The van der Waals surface area contributed by atoms with Crippen molar-refractivity contribution in [1.29, 1.82) is 0 Å². The SMILES string of the molecule is CCC1(c2cc(NC(=O)c3cc4ccccc4cn3)ccc2F)CCSC(N)=N1. The smallest absolute Gasteiger partial charge is 0.274 e. The van der Waals surface area contributed by atoms with Gasteiger partial charge in [-0.25, -0.2) is 4.39 Å². The van der Waals surface area contributed by atoms with Gasteiger partial charge in [-0.3, -0.25) is 14.8 Å². The summed E-state index contributed by atoms with van der Waals surface area (Å²) in [5.41, 5.74) is 6.47. The van der Waals surface area contributed by atoms with Crippen molar-refractivity contribution in [2.45, 2.75) is 25.3 Å². The van der Waals surface area contributed by atoms with Crippen LogP contribution in [0.2, 0.25) is 0 Å². The Labute approximate surface area is 172 Å². The minimum absolute atomic E-state index is 0.302. The zero-order valence-electron chi connectivity index (χ0n) is 16.0. The molecule has 4 rings (SSSR count). The third kappa shape index (κ3) is 3.82. The summed E-state index contributed by atoms with van der Waals surface area (Å²) in [6, 6.07) is 14.0. The maximum Gasteiger partial charge on any atom is 0.274 e. The van der Waals surface area contributed by atoms with Gasteiger partial charge in [-0.15, -0.1) is 0 Å². The van der Waals surface area contributed by atoms with Crippen molar-refractivity contribution in [3.63, 3.8) is 0 Å². The van der Waals surface area contributed by atoms with E-state index < -0.39 is 5.54 Å². The number of aromatic nitrogens is 1. The van der Waals surface area contributed by atoms with E-state index in [9.17, 15) is 9.18 Å². The van der Waals surface area contributed by atoms with Crippen molar-refractivity contribution < 1.29 is 9.18 Å². The molecule has 0 fully saturated rings. The largest absolute Gasteiger partial charge is 0.379 e. The standard InChI is InChI=1S/C22H21FN4OS/c1-2-22(9-10-29-21(24)27-22)17-12-16(7-8-18(17)23)26-20(28)19-11-14-5-3-4-6-15(14)13-25-19/h3-8,11-13H,2,9-10H2,1H3,(H2,24,27)(H,26,28). The number of carbonyl (C=O) groups is 1. The lowest BCUT2D eigenvalue weighted by Crippen LogP contribution is -2.32. The fourth-order valence-electron chi connectivity index (χ4n) is 3.63. The number of amides is 1. The van der Waals surface area contributed by atoms with Crippen LogP contribution < -0.4 is 11.1 Å². The molecule has 1 atom stereocenters. The van der Waals surface area contributed by atoms with Gasteiger partial charge < -0.3 is 11.1 Å². The Morgan fingerprint density at radius 1 is 1.24 bits per heavy atom. The minimum Gasteiger partial charge on any atom is -0.379 e. The van der Waals surface area contributed by atoms with E-state index in [1.807, 2.05) is 31.2 Å². The van der Waals surface area contributed by atoms with Crippen LogP contribution in [0.15, 0.2) is 59.7 Å². The Balaban J connectivity index is 1.65. The lowest BCUT2D eigenvalue weighted by atomic mass is 9.84. The van der Waals surface area contributed by atoms with Gasteiger partial charge in [0, 0.05) is 28.6 Å². The highest BCUT2D eigenvalue weighted by Crippen LogP contribution is 2.40. The van der Waals surface area contributed by atoms with E-state index in [0.29, 0.717) is 35.0 Å². The van der Waals surface area contributed by atoms with Gasteiger partial charge in [-0.2, -0.15) is 0 Å². The molecule has 0 bridgehead atoms. The number of amidine groups is 1. The maximum absolute atomic E-state index is 14.7. The lowest BCUT2D eigenvalue weighted by molar-refractivity contribution is 0.102. The molecule has 2 heterocycles. The van der Waals surface area contributed by atoms with E-state index in [1.165, 1.54) is 17.8 Å². The van der Waals surface area contributed by atoms with Crippen LogP contribution in [0.1, 0.15) is 35.8 Å². The maximum atomic E-state index is 14.7. The van der Waals surface area contributed by atoms with Crippen molar-refractivity contribution in [3.05, 3.63) is 71.8 Å². The number of nitrogens with one attached hydrogen (secondary N) is 1. The van der Waals surface area contributed by atoms with E-state index in [2.05, 4.69) is 15.3 Å². The molecular weight excluding hydrogens is 387 g/mol. The highest BCUT2D eigenvalue weighted by molar-refractivity contribution is 8.13. The van der Waals surface area contributed by atoms with Crippen LogP contribution in [-0.2, 0) is 5.54 Å². The molecule has 3 aromatic rings. The Morgan fingerprint density at radius 3 is 2.79 bits per heavy atom. The van der Waals surface area contributed by atoms with Gasteiger partial charge in [0.2, 0.25) is 0 Å². The van der Waals surface area contributed by atoms with Crippen molar-refractivity contribution in [2.24, 2.45) is 10.7 Å². The second kappa shape index (κ2) is 7.83. The Morgan fingerprint density at radius 2 is 2.03 bits per heavy atom. The summed E-state index contributed by atoms with van der Waals surface area (Å²) in [5.74, 6) is 0.0819. The highest BCUT2D eigenvalue weighted by atomic mass is 32.2. The van der Waals surface area contributed by atoms with Crippen molar-refractivity contribution in [2.75, 3.05) is 11.1 Å². The first-order chi connectivity index (χ1) is 14.0. The molecule has 0 saturated heterocycles. The van der Waals surface area contributed by atoms with Crippen LogP contribution in [0.25, 0.3) is 10.8 Å². The molecular formula is C22H21FN4OS. The first-order valence-corrected chi connectivity index (χ1v) is 10.4. The van der Waals surface area contributed by atoms with Gasteiger partial charge in [-0.05, 0) is 42.5 Å². The Kier molecular flexibility index (Phi) is 5.24. The molecule has 1 amide bonds. The number of aliphatic imine (C=N–C) groups is 1. The molecule has 29 heavy (non-hydrogen) atoms. The van der Waals surface area contributed by atoms with Crippen molar-refractivity contribution >= 4 is 39.3 Å². The van der Waals surface area contributed by atoms with Gasteiger partial charge in [-0.1, -0.05) is 43.0 Å². The van der Waals surface area contributed by atoms with Crippen LogP contribution in [0.3, 0.4) is 0 Å². The van der Waals surface area contributed by atoms with Crippen LogP contribution in [0.4, 0.5) is 10.1 Å². The summed E-state index contributed by atoms with van der Waals surface area (Å²) < 4.78 is 14.7. The van der Waals surface area contributed by atoms with Gasteiger partial charge in [0.1, 0.15) is 11.5 Å². The monoisotopic (exact) mass is 408 g/mol. The van der Waals surface area contributed by atoms with E-state index in [1.54, 1.807) is 24.4 Å². The average Bonchev–Trinajstić information content (AvgIpc) is 2.74. The molecule has 0 spiro atoms. The zero-order chi connectivity index (χ0) is 20.4. The minimum atomic E-state index is -0.707. The van der Waals surface area contributed by atoms with Crippen molar-refractivity contribution in [3.8, 4) is 0 Å². The highest BCUT2D eigenvalue weighted by Gasteiger charge is 2.35. The summed E-state index contributed by atoms with van der Waals surface area (Å²) in [6.07, 6.45) is 2.98. The second-order valence-corrected chi connectivity index (χ2v) is 8.11. The summed E-state index contributed by atoms with van der Waals surface area (Å²) in [7, 11) is 0. The van der Waals surface area contributed by atoms with Crippen LogP contribution in [0, 0.1) is 5.82 Å². The molecule has 1 unspecified atom stereocenters. The number of halogens is 1. The molecule has 1 aliphatic heterocycles. The van der Waals surface area contributed by atoms with E-state index in [4.69, 9.17) is 5.73 Å². The molecule has 5 nitrogen and oxygen atoms in total. The number of fused-ring (bicyclic) bond motifs is 1. The number of hydrogen-bond acceptors (Lipinski definition) is 5. The number of rotatable bonds is 4. The molecule has 0 aliphatic carbocycles. The van der Waals surface area contributed by atoms with Gasteiger partial charge in [0.25, 0.3) is 5.91 Å². The van der Waals surface area contributed by atoms with Gasteiger partial charge in [0.05, 0.1) is 5.54 Å². The molecule has 3 N–H and O–H groups in total. The van der Waals surface area contributed by atoms with Gasteiger partial charge >= 0.3 is 0 Å².